The van der Waals surface area contributed by atoms with Gasteiger partial charge in [-0.3, -0.25) is 4.79 Å². The molecule has 32 heavy (non-hydrogen) atoms. The molecule has 0 aliphatic heterocycles. The molecule has 2 N–H and O–H groups in total. The Labute approximate surface area is 198 Å². The fourth-order valence-electron chi connectivity index (χ4n) is 3.12. The molecule has 3 aromatic rings. The largest absolute Gasteiger partial charge is 0.493 e. The van der Waals surface area contributed by atoms with Gasteiger partial charge in [-0.1, -0.05) is 50.2 Å². The highest BCUT2D eigenvalue weighted by Crippen LogP contribution is 2.37. The monoisotopic (exact) mass is 496 g/mol. The molecule has 0 heterocycles. The van der Waals surface area contributed by atoms with Crippen molar-refractivity contribution in [3.8, 4) is 11.5 Å². The number of amides is 1. The molecule has 0 saturated heterocycles. The maximum absolute atomic E-state index is 12.3. The number of anilines is 1. The lowest BCUT2D eigenvalue weighted by atomic mass is 10.1. The van der Waals surface area contributed by atoms with Crippen LogP contribution in [0.2, 0.25) is 0 Å². The van der Waals surface area contributed by atoms with E-state index in [1.165, 1.54) is 0 Å². The standard InChI is InChI=1S/C26H29BrN2O3/c1-18(2)15-29-26(30)21-10-7-11-22(14-21)28-16-20-12-23(27)25(24(13-20)31-3)32-17-19-8-5-4-6-9-19/h4-14,18,28H,15-17H2,1-3H3,(H,29,30). The second-order valence-electron chi connectivity index (χ2n) is 7.92. The Bertz CT molecular complexity index is 1040. The van der Waals surface area contributed by atoms with Gasteiger partial charge in [0.05, 0.1) is 11.6 Å². The Morgan fingerprint density at radius 2 is 1.78 bits per heavy atom. The number of ether oxygens (including phenoxy) is 2. The van der Waals surface area contributed by atoms with Crippen molar-refractivity contribution in [2.24, 2.45) is 5.92 Å². The highest BCUT2D eigenvalue weighted by molar-refractivity contribution is 9.10. The van der Waals surface area contributed by atoms with Gasteiger partial charge in [0.2, 0.25) is 0 Å². The molecule has 0 bridgehead atoms. The molecule has 0 aliphatic carbocycles. The first kappa shape index (κ1) is 23.7. The van der Waals surface area contributed by atoms with Gasteiger partial charge in [-0.25, -0.2) is 0 Å². The summed E-state index contributed by atoms with van der Waals surface area (Å²) in [5, 5.41) is 6.33. The lowest BCUT2D eigenvalue weighted by Crippen LogP contribution is -2.27. The molecule has 6 heteroatoms. The van der Waals surface area contributed by atoms with E-state index < -0.39 is 0 Å². The van der Waals surface area contributed by atoms with Crippen molar-refractivity contribution in [1.82, 2.24) is 5.32 Å². The predicted octanol–water partition coefficient (Wildman–Crippen LogP) is 6.03. The first-order valence-electron chi connectivity index (χ1n) is 10.6. The second kappa shape index (κ2) is 11.6. The van der Waals surface area contributed by atoms with Crippen LogP contribution in [-0.4, -0.2) is 19.6 Å². The van der Waals surface area contributed by atoms with Crippen molar-refractivity contribution in [2.75, 3.05) is 19.0 Å². The van der Waals surface area contributed by atoms with Gasteiger partial charge < -0.3 is 20.1 Å². The van der Waals surface area contributed by atoms with Crippen molar-refractivity contribution in [2.45, 2.75) is 27.0 Å². The minimum Gasteiger partial charge on any atom is -0.493 e. The molecule has 5 nitrogen and oxygen atoms in total. The molecule has 3 rings (SSSR count). The van der Waals surface area contributed by atoms with E-state index >= 15 is 0 Å². The topological polar surface area (TPSA) is 59.6 Å². The van der Waals surface area contributed by atoms with Gasteiger partial charge in [-0.15, -0.1) is 0 Å². The molecule has 3 aromatic carbocycles. The number of rotatable bonds is 10. The van der Waals surface area contributed by atoms with E-state index in [2.05, 4.69) is 40.4 Å². The van der Waals surface area contributed by atoms with Crippen LogP contribution in [0.4, 0.5) is 5.69 Å². The lowest BCUT2D eigenvalue weighted by Gasteiger charge is -2.15. The van der Waals surface area contributed by atoms with Gasteiger partial charge in [0, 0.05) is 24.3 Å². The van der Waals surface area contributed by atoms with E-state index in [-0.39, 0.29) is 5.91 Å². The molecule has 0 atom stereocenters. The number of hydrogen-bond donors (Lipinski definition) is 2. The molecule has 0 spiro atoms. The molecule has 0 radical (unpaired) electrons. The third-order valence-corrected chi connectivity index (χ3v) is 5.40. The van der Waals surface area contributed by atoms with Crippen LogP contribution in [0.5, 0.6) is 11.5 Å². The van der Waals surface area contributed by atoms with Crippen molar-refractivity contribution in [3.05, 3.63) is 87.9 Å². The van der Waals surface area contributed by atoms with E-state index in [1.807, 2.05) is 66.7 Å². The Balaban J connectivity index is 1.66. The van der Waals surface area contributed by atoms with Crippen molar-refractivity contribution in [3.63, 3.8) is 0 Å². The van der Waals surface area contributed by atoms with Gasteiger partial charge in [0.25, 0.3) is 5.91 Å². The van der Waals surface area contributed by atoms with Crippen LogP contribution in [0.15, 0.2) is 71.2 Å². The zero-order valence-electron chi connectivity index (χ0n) is 18.7. The average molecular weight is 497 g/mol. The molecule has 168 valence electrons. The number of carbonyl (C=O) groups is 1. The third-order valence-electron chi connectivity index (χ3n) is 4.81. The number of hydrogen-bond acceptors (Lipinski definition) is 4. The predicted molar refractivity (Wildman–Crippen MR) is 132 cm³/mol. The SMILES string of the molecule is COc1cc(CNc2cccc(C(=O)NCC(C)C)c2)cc(Br)c1OCc1ccccc1. The summed E-state index contributed by atoms with van der Waals surface area (Å²) in [7, 11) is 1.63. The van der Waals surface area contributed by atoms with Gasteiger partial charge in [0.1, 0.15) is 6.61 Å². The molecule has 0 unspecified atom stereocenters. The smallest absolute Gasteiger partial charge is 0.251 e. The summed E-state index contributed by atoms with van der Waals surface area (Å²) in [6, 6.07) is 21.5. The molecule has 0 aromatic heterocycles. The summed E-state index contributed by atoms with van der Waals surface area (Å²) in [6.45, 7) is 5.83. The van der Waals surface area contributed by atoms with Crippen LogP contribution in [0.3, 0.4) is 0 Å². The maximum atomic E-state index is 12.3. The minimum atomic E-state index is -0.0633. The minimum absolute atomic E-state index is 0.0633. The highest BCUT2D eigenvalue weighted by atomic mass is 79.9. The van der Waals surface area contributed by atoms with E-state index in [9.17, 15) is 4.79 Å². The normalized spacial score (nSPS) is 10.7. The molecule has 0 aliphatic rings. The van der Waals surface area contributed by atoms with Crippen molar-refractivity contribution < 1.29 is 14.3 Å². The summed E-state index contributed by atoms with van der Waals surface area (Å²) in [5.41, 5.74) is 3.63. The number of nitrogens with one attached hydrogen (secondary N) is 2. The lowest BCUT2D eigenvalue weighted by molar-refractivity contribution is 0.0949. The Hall–Kier alpha value is -2.99. The van der Waals surface area contributed by atoms with E-state index in [0.29, 0.717) is 42.7 Å². The highest BCUT2D eigenvalue weighted by Gasteiger charge is 2.13. The Morgan fingerprint density at radius 3 is 2.50 bits per heavy atom. The Kier molecular flexibility index (Phi) is 8.56. The van der Waals surface area contributed by atoms with Crippen LogP contribution in [-0.2, 0) is 13.2 Å². The summed E-state index contributed by atoms with van der Waals surface area (Å²) in [4.78, 5) is 12.3. The first-order valence-corrected chi connectivity index (χ1v) is 11.4. The number of methoxy groups -OCH3 is 1. The molecule has 1 amide bonds. The van der Waals surface area contributed by atoms with Gasteiger partial charge in [-0.2, -0.15) is 0 Å². The van der Waals surface area contributed by atoms with Gasteiger partial charge >= 0.3 is 0 Å². The Morgan fingerprint density at radius 1 is 1.00 bits per heavy atom. The van der Waals surface area contributed by atoms with E-state index in [4.69, 9.17) is 9.47 Å². The van der Waals surface area contributed by atoms with Crippen molar-refractivity contribution in [1.29, 1.82) is 0 Å². The quantitative estimate of drug-likeness (QED) is 0.359. The third kappa shape index (κ3) is 6.76. The van der Waals surface area contributed by atoms with Crippen LogP contribution in [0, 0.1) is 5.92 Å². The van der Waals surface area contributed by atoms with E-state index in [0.717, 1.165) is 21.3 Å². The number of halogens is 1. The van der Waals surface area contributed by atoms with Crippen LogP contribution >= 0.6 is 15.9 Å². The van der Waals surface area contributed by atoms with Crippen LogP contribution in [0.1, 0.15) is 35.3 Å². The van der Waals surface area contributed by atoms with Gasteiger partial charge in [-0.05, 0) is 63.3 Å². The number of benzene rings is 3. The average Bonchev–Trinajstić information content (AvgIpc) is 2.81. The summed E-state index contributed by atoms with van der Waals surface area (Å²) < 4.78 is 12.4. The summed E-state index contributed by atoms with van der Waals surface area (Å²) in [6.07, 6.45) is 0. The van der Waals surface area contributed by atoms with Crippen LogP contribution < -0.4 is 20.1 Å². The fourth-order valence-corrected chi connectivity index (χ4v) is 3.72. The zero-order valence-corrected chi connectivity index (χ0v) is 20.2. The van der Waals surface area contributed by atoms with Gasteiger partial charge in [0.15, 0.2) is 11.5 Å². The number of carbonyl (C=O) groups excluding carboxylic acids is 1. The molecule has 0 saturated carbocycles. The molecular weight excluding hydrogens is 468 g/mol. The maximum Gasteiger partial charge on any atom is 0.251 e. The van der Waals surface area contributed by atoms with Crippen molar-refractivity contribution >= 4 is 27.5 Å². The fraction of sp³-hybridized carbons (Fsp3) is 0.269. The molecule has 0 fully saturated rings. The molecular formula is C26H29BrN2O3. The first-order chi connectivity index (χ1) is 15.5. The van der Waals surface area contributed by atoms with Crippen LogP contribution in [0.25, 0.3) is 0 Å². The van der Waals surface area contributed by atoms with E-state index in [1.54, 1.807) is 7.11 Å². The summed E-state index contributed by atoms with van der Waals surface area (Å²) in [5.74, 6) is 1.68. The zero-order chi connectivity index (χ0) is 22.9. The summed E-state index contributed by atoms with van der Waals surface area (Å²) >= 11 is 3.61. The second-order valence-corrected chi connectivity index (χ2v) is 8.78.